The van der Waals surface area contributed by atoms with Crippen molar-refractivity contribution in [1.29, 1.82) is 0 Å². The van der Waals surface area contributed by atoms with E-state index in [0.717, 1.165) is 28.5 Å². The van der Waals surface area contributed by atoms with E-state index >= 15 is 0 Å². The van der Waals surface area contributed by atoms with Crippen molar-refractivity contribution in [3.8, 4) is 11.4 Å². The van der Waals surface area contributed by atoms with Gasteiger partial charge in [-0.05, 0) is 72.9 Å². The van der Waals surface area contributed by atoms with Crippen LogP contribution in [-0.4, -0.2) is 32.8 Å². The summed E-state index contributed by atoms with van der Waals surface area (Å²) in [5, 5.41) is 13.3. The van der Waals surface area contributed by atoms with Gasteiger partial charge in [-0.3, -0.25) is 4.98 Å². The van der Waals surface area contributed by atoms with Crippen molar-refractivity contribution < 1.29 is 14.6 Å². The van der Waals surface area contributed by atoms with Crippen molar-refractivity contribution in [3.63, 3.8) is 0 Å². The number of nitrogens with zero attached hydrogens (tertiary/aromatic N) is 3. The lowest BCUT2D eigenvalue weighted by Crippen LogP contribution is -2.30. The average Bonchev–Trinajstić information content (AvgIpc) is 3.49. The number of pyridine rings is 1. The van der Waals surface area contributed by atoms with Crippen LogP contribution in [0.5, 0.6) is 5.75 Å². The molecule has 0 saturated carbocycles. The molecule has 0 bridgehead atoms. The maximum Gasteiger partial charge on any atom is 0.335 e. The second-order valence-electron chi connectivity index (χ2n) is 7.85. The van der Waals surface area contributed by atoms with Gasteiger partial charge < -0.3 is 24.6 Å². The number of hydrogen-bond acceptors (Lipinski definition) is 4. The van der Waals surface area contributed by atoms with E-state index in [-0.39, 0.29) is 17.6 Å². The largest absolute Gasteiger partial charge is 0.497 e. The molecule has 2 atom stereocenters. The van der Waals surface area contributed by atoms with E-state index in [1.54, 1.807) is 37.6 Å². The van der Waals surface area contributed by atoms with Gasteiger partial charge in [-0.2, -0.15) is 0 Å². The molecule has 0 unspecified atom stereocenters. The molecule has 0 amide bonds. The second-order valence-corrected chi connectivity index (χ2v) is 8.24. The van der Waals surface area contributed by atoms with Crippen molar-refractivity contribution in [2.75, 3.05) is 12.0 Å². The molecule has 2 aromatic carbocycles. The molecule has 1 aliphatic heterocycles. The van der Waals surface area contributed by atoms with Crippen molar-refractivity contribution in [2.24, 2.45) is 0 Å². The summed E-state index contributed by atoms with van der Waals surface area (Å²) in [5.74, 6) is -0.219. The molecule has 170 valence electrons. The molecular formula is C26H22N4O3S. The average molecular weight is 471 g/mol. The highest BCUT2D eigenvalue weighted by molar-refractivity contribution is 7.80. The predicted octanol–water partition coefficient (Wildman–Crippen LogP) is 4.76. The lowest BCUT2D eigenvalue weighted by molar-refractivity contribution is 0.0697. The minimum atomic E-state index is -0.955. The Balaban J connectivity index is 1.64. The molecule has 3 heterocycles. The summed E-state index contributed by atoms with van der Waals surface area (Å²) in [6.07, 6.45) is 3.74. The number of rotatable bonds is 6. The van der Waals surface area contributed by atoms with Gasteiger partial charge in [0.25, 0.3) is 0 Å². The molecule has 1 saturated heterocycles. The van der Waals surface area contributed by atoms with Crippen LogP contribution in [0.15, 0.2) is 91.3 Å². The van der Waals surface area contributed by atoms with Crippen LogP contribution in [0, 0.1) is 0 Å². The normalized spacial score (nSPS) is 17.4. The first-order valence-electron chi connectivity index (χ1n) is 10.7. The van der Waals surface area contributed by atoms with Crippen LogP contribution in [0.3, 0.4) is 0 Å². The SMILES string of the molecule is COc1cccc(N2C(=S)N[C@H](c3ccccn3)[C@H]2c2cccn2-c2ccc(C(=O)O)cc2)c1. The van der Waals surface area contributed by atoms with Gasteiger partial charge in [-0.1, -0.05) is 12.1 Å². The van der Waals surface area contributed by atoms with Gasteiger partial charge in [0.1, 0.15) is 11.8 Å². The maximum absolute atomic E-state index is 11.3. The molecule has 34 heavy (non-hydrogen) atoms. The van der Waals surface area contributed by atoms with E-state index in [0.29, 0.717) is 5.11 Å². The summed E-state index contributed by atoms with van der Waals surface area (Å²) in [5.41, 5.74) is 3.84. The summed E-state index contributed by atoms with van der Waals surface area (Å²) < 4.78 is 7.51. The van der Waals surface area contributed by atoms with E-state index in [9.17, 15) is 9.90 Å². The van der Waals surface area contributed by atoms with Crippen molar-refractivity contribution in [2.45, 2.75) is 12.1 Å². The molecule has 0 radical (unpaired) electrons. The number of carboxylic acid groups (broad SMARTS) is 1. The number of benzene rings is 2. The van der Waals surface area contributed by atoms with Gasteiger partial charge in [0, 0.05) is 35.5 Å². The van der Waals surface area contributed by atoms with E-state index in [1.165, 1.54) is 0 Å². The molecule has 4 aromatic rings. The van der Waals surface area contributed by atoms with Gasteiger partial charge >= 0.3 is 5.97 Å². The third kappa shape index (κ3) is 3.88. The highest BCUT2D eigenvalue weighted by Crippen LogP contribution is 2.42. The topological polar surface area (TPSA) is 79.6 Å². The Bertz CT molecular complexity index is 1340. The van der Waals surface area contributed by atoms with Crippen molar-refractivity contribution in [1.82, 2.24) is 14.9 Å². The van der Waals surface area contributed by atoms with Crippen LogP contribution < -0.4 is 15.0 Å². The molecule has 2 N–H and O–H groups in total. The molecule has 5 rings (SSSR count). The Kier molecular flexibility index (Phi) is 5.73. The number of thiocarbonyl (C=S) groups is 1. The first-order valence-corrected chi connectivity index (χ1v) is 11.1. The van der Waals surface area contributed by atoms with Gasteiger partial charge in [0.15, 0.2) is 5.11 Å². The minimum absolute atomic E-state index is 0.202. The van der Waals surface area contributed by atoms with E-state index in [4.69, 9.17) is 17.0 Å². The van der Waals surface area contributed by atoms with Crippen LogP contribution >= 0.6 is 12.2 Å². The number of hydrogen-bond donors (Lipinski definition) is 2. The molecule has 1 aliphatic rings. The Morgan fingerprint density at radius 3 is 2.56 bits per heavy atom. The maximum atomic E-state index is 11.3. The number of carboxylic acids is 1. The first kappa shape index (κ1) is 21.7. The van der Waals surface area contributed by atoms with Crippen LogP contribution in [0.4, 0.5) is 5.69 Å². The number of carbonyl (C=O) groups is 1. The zero-order chi connectivity index (χ0) is 23.7. The molecule has 8 heteroatoms. The molecule has 0 aliphatic carbocycles. The highest BCUT2D eigenvalue weighted by Gasteiger charge is 2.42. The number of nitrogens with one attached hydrogen (secondary N) is 1. The minimum Gasteiger partial charge on any atom is -0.497 e. The van der Waals surface area contributed by atoms with E-state index in [2.05, 4.69) is 25.8 Å². The van der Waals surface area contributed by atoms with Gasteiger partial charge in [0.2, 0.25) is 0 Å². The number of aromatic carboxylic acids is 1. The summed E-state index contributed by atoms with van der Waals surface area (Å²) in [7, 11) is 1.64. The summed E-state index contributed by atoms with van der Waals surface area (Å²) in [6, 6.07) is 24.0. The quantitative estimate of drug-likeness (QED) is 0.394. The first-order chi connectivity index (χ1) is 16.6. The fourth-order valence-electron chi connectivity index (χ4n) is 4.33. The number of methoxy groups -OCH3 is 1. The number of anilines is 1. The van der Waals surface area contributed by atoms with E-state index in [1.807, 2.05) is 54.7 Å². The van der Waals surface area contributed by atoms with Crippen LogP contribution in [0.25, 0.3) is 5.69 Å². The summed E-state index contributed by atoms with van der Waals surface area (Å²) in [4.78, 5) is 18.0. The smallest absolute Gasteiger partial charge is 0.335 e. The fraction of sp³-hybridized carbons (Fsp3) is 0.115. The summed E-state index contributed by atoms with van der Waals surface area (Å²) >= 11 is 5.81. The van der Waals surface area contributed by atoms with Crippen LogP contribution in [0.2, 0.25) is 0 Å². The van der Waals surface area contributed by atoms with Gasteiger partial charge in [-0.25, -0.2) is 4.79 Å². The van der Waals surface area contributed by atoms with E-state index < -0.39 is 5.97 Å². The molecule has 2 aromatic heterocycles. The lowest BCUT2D eigenvalue weighted by Gasteiger charge is -2.29. The third-order valence-corrected chi connectivity index (χ3v) is 6.22. The van der Waals surface area contributed by atoms with Crippen LogP contribution in [-0.2, 0) is 0 Å². The number of aromatic nitrogens is 2. The van der Waals surface area contributed by atoms with Crippen molar-refractivity contribution in [3.05, 3.63) is 108 Å². The predicted molar refractivity (Wildman–Crippen MR) is 134 cm³/mol. The second kappa shape index (κ2) is 8.99. The molecule has 7 nitrogen and oxygen atoms in total. The zero-order valence-electron chi connectivity index (χ0n) is 18.3. The summed E-state index contributed by atoms with van der Waals surface area (Å²) in [6.45, 7) is 0. The Labute approximate surface area is 202 Å². The zero-order valence-corrected chi connectivity index (χ0v) is 19.1. The lowest BCUT2D eigenvalue weighted by atomic mass is 10.0. The Morgan fingerprint density at radius 2 is 1.85 bits per heavy atom. The fourth-order valence-corrected chi connectivity index (χ4v) is 4.67. The number of ether oxygens (including phenoxy) is 1. The van der Waals surface area contributed by atoms with Gasteiger partial charge in [0.05, 0.1) is 24.4 Å². The monoisotopic (exact) mass is 470 g/mol. The van der Waals surface area contributed by atoms with Gasteiger partial charge in [-0.15, -0.1) is 0 Å². The van der Waals surface area contributed by atoms with Crippen molar-refractivity contribution >= 4 is 29.0 Å². The van der Waals surface area contributed by atoms with Crippen LogP contribution in [0.1, 0.15) is 33.8 Å². The standard InChI is InChI=1S/C26H22N4O3S/c1-33-20-7-4-6-19(16-20)30-24(23(28-26(30)34)21-8-2-3-14-27-21)22-9-5-15-29(22)18-12-10-17(11-13-18)25(31)32/h2-16,23-24H,1H3,(H,28,34)(H,31,32)/t23-,24-/m1/s1. The molecular weight excluding hydrogens is 448 g/mol. The Hall–Kier alpha value is -4.17. The highest BCUT2D eigenvalue weighted by atomic mass is 32.1. The molecule has 0 spiro atoms. The molecule has 1 fully saturated rings. The Morgan fingerprint density at radius 1 is 1.03 bits per heavy atom. The third-order valence-electron chi connectivity index (χ3n) is 5.91.